The molecule has 2 N–H and O–H groups in total. The van der Waals surface area contributed by atoms with E-state index in [9.17, 15) is 4.79 Å². The van der Waals surface area contributed by atoms with E-state index in [1.807, 2.05) is 11.0 Å². The van der Waals surface area contributed by atoms with Crippen LogP contribution in [0.4, 0.5) is 10.5 Å². The fourth-order valence-electron chi connectivity index (χ4n) is 2.92. The minimum Gasteiger partial charge on any atom is -0.454 e. The number of carbonyl (C=O) groups is 1. The van der Waals surface area contributed by atoms with Crippen molar-refractivity contribution in [1.29, 1.82) is 0 Å². The molecule has 1 atom stereocenters. The number of aromatic nitrogens is 2. The molecule has 1 aromatic heterocycles. The lowest BCUT2D eigenvalue weighted by molar-refractivity contribution is 0.174. The van der Waals surface area contributed by atoms with Crippen LogP contribution >= 0.6 is 0 Å². The summed E-state index contributed by atoms with van der Waals surface area (Å²) in [4.78, 5) is 21.7. The van der Waals surface area contributed by atoms with Crippen LogP contribution in [0.5, 0.6) is 11.5 Å². The number of nitrogens with one attached hydrogen (secondary N) is 2. The Labute approximate surface area is 127 Å². The number of carbonyl (C=O) groups excluding carboxylic acids is 1. The molecule has 0 bridgehead atoms. The van der Waals surface area contributed by atoms with E-state index >= 15 is 0 Å². The van der Waals surface area contributed by atoms with Crippen LogP contribution in [-0.4, -0.2) is 34.2 Å². The van der Waals surface area contributed by atoms with Crippen molar-refractivity contribution in [2.45, 2.75) is 18.9 Å². The van der Waals surface area contributed by atoms with E-state index in [1.54, 1.807) is 24.5 Å². The lowest BCUT2D eigenvalue weighted by Gasteiger charge is -2.23. The van der Waals surface area contributed by atoms with Crippen LogP contribution in [0.2, 0.25) is 0 Å². The molecule has 3 heterocycles. The summed E-state index contributed by atoms with van der Waals surface area (Å²) in [6, 6.07) is 5.26. The second kappa shape index (κ2) is 5.25. The van der Waals surface area contributed by atoms with Crippen molar-refractivity contribution in [2.24, 2.45) is 0 Å². The summed E-state index contributed by atoms with van der Waals surface area (Å²) in [5.74, 6) is 2.19. The van der Waals surface area contributed by atoms with E-state index < -0.39 is 0 Å². The molecule has 0 saturated carbocycles. The van der Waals surface area contributed by atoms with Gasteiger partial charge in [-0.25, -0.2) is 9.78 Å². The third kappa shape index (κ3) is 2.24. The first-order chi connectivity index (χ1) is 10.8. The van der Waals surface area contributed by atoms with E-state index in [1.165, 1.54) is 0 Å². The Balaban J connectivity index is 1.49. The number of H-pyrrole nitrogens is 1. The number of anilines is 1. The number of rotatable bonds is 2. The van der Waals surface area contributed by atoms with Gasteiger partial charge in [0.15, 0.2) is 11.5 Å². The third-order valence-electron chi connectivity index (χ3n) is 3.97. The molecule has 2 aromatic rings. The van der Waals surface area contributed by atoms with Crippen molar-refractivity contribution in [3.63, 3.8) is 0 Å². The highest BCUT2D eigenvalue weighted by Gasteiger charge is 2.31. The van der Waals surface area contributed by atoms with Crippen molar-refractivity contribution in [1.82, 2.24) is 14.9 Å². The Morgan fingerprint density at radius 2 is 2.27 bits per heavy atom. The molecular formula is C15H16N4O3. The topological polar surface area (TPSA) is 79.5 Å². The number of imidazole rings is 1. The highest BCUT2D eigenvalue weighted by Crippen LogP contribution is 2.35. The Kier molecular flexibility index (Phi) is 3.10. The van der Waals surface area contributed by atoms with Gasteiger partial charge in [-0.15, -0.1) is 0 Å². The van der Waals surface area contributed by atoms with Crippen LogP contribution < -0.4 is 14.8 Å². The fraction of sp³-hybridized carbons (Fsp3) is 0.333. The van der Waals surface area contributed by atoms with E-state index in [4.69, 9.17) is 9.47 Å². The minimum absolute atomic E-state index is 0.00371. The smallest absolute Gasteiger partial charge is 0.322 e. The van der Waals surface area contributed by atoms with Crippen LogP contribution in [0.1, 0.15) is 24.7 Å². The van der Waals surface area contributed by atoms with Crippen molar-refractivity contribution < 1.29 is 14.3 Å². The molecule has 0 aliphatic carbocycles. The fourth-order valence-corrected chi connectivity index (χ4v) is 2.92. The van der Waals surface area contributed by atoms with Crippen LogP contribution in [0.25, 0.3) is 0 Å². The number of benzene rings is 1. The SMILES string of the molecule is O=C(Nc1ccc2c(c1)OCO2)N1CCC[C@@H]1c1ncc[nH]1. The van der Waals surface area contributed by atoms with Crippen molar-refractivity contribution in [3.05, 3.63) is 36.4 Å². The first-order valence-corrected chi connectivity index (χ1v) is 7.28. The maximum atomic E-state index is 12.5. The van der Waals surface area contributed by atoms with E-state index in [0.717, 1.165) is 25.2 Å². The molecule has 1 fully saturated rings. The van der Waals surface area contributed by atoms with Crippen molar-refractivity contribution in [2.75, 3.05) is 18.7 Å². The number of fused-ring (bicyclic) bond motifs is 1. The van der Waals surface area contributed by atoms with E-state index in [2.05, 4.69) is 15.3 Å². The van der Waals surface area contributed by atoms with Gasteiger partial charge in [0, 0.05) is 30.7 Å². The van der Waals surface area contributed by atoms with Gasteiger partial charge < -0.3 is 24.7 Å². The Hall–Kier alpha value is -2.70. The highest BCUT2D eigenvalue weighted by atomic mass is 16.7. The molecule has 2 aliphatic heterocycles. The van der Waals surface area contributed by atoms with Crippen molar-refractivity contribution in [3.8, 4) is 11.5 Å². The standard InChI is InChI=1S/C15H16N4O3/c20-15(18-10-3-4-12-13(8-10)22-9-21-12)19-7-1-2-11(19)14-16-5-6-17-14/h3-6,8,11H,1-2,7,9H2,(H,16,17)(H,18,20)/t11-/m1/s1. The molecule has 1 saturated heterocycles. The predicted molar refractivity (Wildman–Crippen MR) is 78.9 cm³/mol. The average molecular weight is 300 g/mol. The lowest BCUT2D eigenvalue weighted by atomic mass is 10.2. The second-order valence-electron chi connectivity index (χ2n) is 5.32. The van der Waals surface area contributed by atoms with Gasteiger partial charge in [0.05, 0.1) is 6.04 Å². The predicted octanol–water partition coefficient (Wildman–Crippen LogP) is 2.51. The van der Waals surface area contributed by atoms with Crippen LogP contribution in [0, 0.1) is 0 Å². The van der Waals surface area contributed by atoms with Gasteiger partial charge in [-0.1, -0.05) is 0 Å². The minimum atomic E-state index is -0.127. The summed E-state index contributed by atoms with van der Waals surface area (Å²) in [5.41, 5.74) is 0.694. The summed E-state index contributed by atoms with van der Waals surface area (Å²) in [6.07, 6.45) is 5.38. The highest BCUT2D eigenvalue weighted by molar-refractivity contribution is 5.90. The summed E-state index contributed by atoms with van der Waals surface area (Å²) >= 11 is 0. The second-order valence-corrected chi connectivity index (χ2v) is 5.32. The molecule has 1 aromatic carbocycles. The number of urea groups is 1. The number of ether oxygens (including phenoxy) is 2. The maximum absolute atomic E-state index is 12.5. The zero-order valence-corrected chi connectivity index (χ0v) is 11.9. The molecule has 22 heavy (non-hydrogen) atoms. The Morgan fingerprint density at radius 3 is 3.14 bits per heavy atom. The Bertz CT molecular complexity index is 686. The van der Waals surface area contributed by atoms with Crippen LogP contribution in [0.3, 0.4) is 0 Å². The van der Waals surface area contributed by atoms with Gasteiger partial charge in [0.1, 0.15) is 5.82 Å². The van der Waals surface area contributed by atoms with Crippen LogP contribution in [-0.2, 0) is 0 Å². The quantitative estimate of drug-likeness (QED) is 0.893. The summed E-state index contributed by atoms with van der Waals surface area (Å²) in [5, 5.41) is 2.92. The first-order valence-electron chi connectivity index (χ1n) is 7.28. The first kappa shape index (κ1) is 13.0. The number of likely N-dealkylation sites (tertiary alicyclic amines) is 1. The number of hydrogen-bond donors (Lipinski definition) is 2. The number of nitrogens with zero attached hydrogens (tertiary/aromatic N) is 2. The molecule has 4 rings (SSSR count). The molecule has 0 unspecified atom stereocenters. The lowest BCUT2D eigenvalue weighted by Crippen LogP contribution is -2.34. The molecule has 7 nitrogen and oxygen atoms in total. The van der Waals surface area contributed by atoms with E-state index in [-0.39, 0.29) is 18.9 Å². The van der Waals surface area contributed by atoms with Gasteiger partial charge in [-0.3, -0.25) is 0 Å². The van der Waals surface area contributed by atoms with Gasteiger partial charge in [-0.05, 0) is 25.0 Å². The van der Waals surface area contributed by atoms with Crippen LogP contribution in [0.15, 0.2) is 30.6 Å². The summed E-state index contributed by atoms with van der Waals surface area (Å²) < 4.78 is 10.6. The number of hydrogen-bond acceptors (Lipinski definition) is 4. The molecule has 2 amide bonds. The van der Waals surface area contributed by atoms with Gasteiger partial charge >= 0.3 is 6.03 Å². The molecule has 114 valence electrons. The number of aromatic amines is 1. The average Bonchev–Trinajstić information content (AvgIpc) is 3.26. The Morgan fingerprint density at radius 1 is 1.36 bits per heavy atom. The molecule has 0 radical (unpaired) electrons. The summed E-state index contributed by atoms with van der Waals surface area (Å²) in [6.45, 7) is 0.946. The molecule has 2 aliphatic rings. The largest absolute Gasteiger partial charge is 0.454 e. The normalized spacial score (nSPS) is 19.5. The monoisotopic (exact) mass is 300 g/mol. The summed E-state index contributed by atoms with van der Waals surface area (Å²) in [7, 11) is 0. The van der Waals surface area contributed by atoms with E-state index in [0.29, 0.717) is 17.2 Å². The molecular weight excluding hydrogens is 284 g/mol. The third-order valence-corrected chi connectivity index (χ3v) is 3.97. The van der Waals surface area contributed by atoms with Gasteiger partial charge in [0.25, 0.3) is 0 Å². The zero-order chi connectivity index (χ0) is 14.9. The molecule has 7 heteroatoms. The van der Waals surface area contributed by atoms with Gasteiger partial charge in [-0.2, -0.15) is 0 Å². The number of amides is 2. The van der Waals surface area contributed by atoms with Crippen molar-refractivity contribution >= 4 is 11.7 Å². The van der Waals surface area contributed by atoms with Gasteiger partial charge in [0.2, 0.25) is 6.79 Å². The molecule has 0 spiro atoms. The maximum Gasteiger partial charge on any atom is 0.322 e. The zero-order valence-electron chi connectivity index (χ0n) is 11.9.